The number of rotatable bonds is 4. The first-order valence-corrected chi connectivity index (χ1v) is 5.27. The quantitative estimate of drug-likeness (QED) is 0.849. The molecular formula is C13H13NO3. The van der Waals surface area contributed by atoms with E-state index >= 15 is 0 Å². The summed E-state index contributed by atoms with van der Waals surface area (Å²) in [5, 5.41) is 12.0. The van der Waals surface area contributed by atoms with Crippen LogP contribution < -0.4 is 5.32 Å². The van der Waals surface area contributed by atoms with Gasteiger partial charge in [-0.1, -0.05) is 17.7 Å². The lowest BCUT2D eigenvalue weighted by Crippen LogP contribution is -2.04. The topological polar surface area (TPSA) is 62.5 Å². The Kier molecular flexibility index (Phi) is 3.14. The molecule has 0 bridgehead atoms. The Morgan fingerprint density at radius 1 is 1.29 bits per heavy atom. The van der Waals surface area contributed by atoms with Crippen molar-refractivity contribution in [3.05, 3.63) is 53.5 Å². The fraction of sp³-hybridized carbons (Fsp3) is 0.154. The molecule has 1 aromatic carbocycles. The molecule has 0 amide bonds. The highest BCUT2D eigenvalue weighted by molar-refractivity contribution is 5.88. The number of hydrogen-bond donors (Lipinski definition) is 2. The van der Waals surface area contributed by atoms with Gasteiger partial charge in [-0.05, 0) is 25.1 Å². The number of nitrogens with one attached hydrogen (secondary N) is 1. The largest absolute Gasteiger partial charge is 0.478 e. The van der Waals surface area contributed by atoms with E-state index in [4.69, 9.17) is 9.52 Å². The monoisotopic (exact) mass is 231 g/mol. The second-order valence-corrected chi connectivity index (χ2v) is 3.78. The molecule has 0 saturated heterocycles. The minimum absolute atomic E-state index is 0.199. The number of furan rings is 1. The summed E-state index contributed by atoms with van der Waals surface area (Å²) < 4.78 is 5.13. The van der Waals surface area contributed by atoms with E-state index in [1.54, 1.807) is 0 Å². The molecule has 0 saturated carbocycles. The van der Waals surface area contributed by atoms with Gasteiger partial charge in [0, 0.05) is 5.69 Å². The zero-order valence-corrected chi connectivity index (χ0v) is 9.43. The smallest absolute Gasteiger partial charge is 0.339 e. The third-order valence-electron chi connectivity index (χ3n) is 2.48. The molecule has 0 spiro atoms. The predicted octanol–water partition coefficient (Wildman–Crippen LogP) is 2.90. The fourth-order valence-electron chi connectivity index (χ4n) is 1.52. The van der Waals surface area contributed by atoms with Crippen molar-refractivity contribution in [1.82, 2.24) is 0 Å². The van der Waals surface area contributed by atoms with Gasteiger partial charge in [0.1, 0.15) is 11.3 Å². The first-order chi connectivity index (χ1) is 8.16. The van der Waals surface area contributed by atoms with Crippen LogP contribution in [0.25, 0.3) is 0 Å². The number of carboxylic acids is 1. The maximum absolute atomic E-state index is 10.9. The molecule has 1 aromatic heterocycles. The number of aromatic carboxylic acids is 1. The van der Waals surface area contributed by atoms with Gasteiger partial charge in [-0.25, -0.2) is 4.79 Å². The highest BCUT2D eigenvalue weighted by Crippen LogP contribution is 2.14. The molecule has 2 rings (SSSR count). The Hall–Kier alpha value is -2.23. The predicted molar refractivity (Wildman–Crippen MR) is 64.2 cm³/mol. The molecule has 0 aliphatic heterocycles. The maximum atomic E-state index is 10.9. The summed E-state index contributed by atoms with van der Waals surface area (Å²) in [4.78, 5) is 10.9. The van der Waals surface area contributed by atoms with Gasteiger partial charge in [0.15, 0.2) is 0 Å². The van der Waals surface area contributed by atoms with E-state index in [0.717, 1.165) is 5.69 Å². The fourth-order valence-corrected chi connectivity index (χ4v) is 1.52. The first-order valence-electron chi connectivity index (χ1n) is 5.27. The van der Waals surface area contributed by atoms with Crippen LogP contribution in [0.1, 0.15) is 21.7 Å². The van der Waals surface area contributed by atoms with Gasteiger partial charge in [0.05, 0.1) is 12.8 Å². The van der Waals surface area contributed by atoms with Crippen molar-refractivity contribution in [2.24, 2.45) is 0 Å². The standard InChI is InChI=1S/C13H13NO3/c1-9-2-4-10(5-3-9)14-8-12-11(13(15)16)6-7-17-12/h2-7,14H,8H2,1H3,(H,15,16). The third kappa shape index (κ3) is 2.66. The lowest BCUT2D eigenvalue weighted by atomic mass is 10.2. The van der Waals surface area contributed by atoms with E-state index < -0.39 is 5.97 Å². The molecule has 0 fully saturated rings. The number of carbonyl (C=O) groups is 1. The van der Waals surface area contributed by atoms with Crippen LogP contribution in [0.4, 0.5) is 5.69 Å². The SMILES string of the molecule is Cc1ccc(NCc2occc2C(=O)O)cc1. The number of carboxylic acid groups (broad SMARTS) is 1. The summed E-state index contributed by atoms with van der Waals surface area (Å²) >= 11 is 0. The molecule has 0 unspecified atom stereocenters. The number of hydrogen-bond acceptors (Lipinski definition) is 3. The van der Waals surface area contributed by atoms with E-state index in [1.165, 1.54) is 17.9 Å². The lowest BCUT2D eigenvalue weighted by Gasteiger charge is -2.05. The van der Waals surface area contributed by atoms with E-state index in [1.807, 2.05) is 31.2 Å². The highest BCUT2D eigenvalue weighted by Gasteiger charge is 2.12. The van der Waals surface area contributed by atoms with Gasteiger partial charge >= 0.3 is 5.97 Å². The van der Waals surface area contributed by atoms with E-state index in [2.05, 4.69) is 5.32 Å². The Morgan fingerprint density at radius 3 is 2.65 bits per heavy atom. The van der Waals surface area contributed by atoms with Gasteiger partial charge in [-0.3, -0.25) is 0 Å². The summed E-state index contributed by atoms with van der Waals surface area (Å²) in [5.41, 5.74) is 2.31. The summed E-state index contributed by atoms with van der Waals surface area (Å²) in [6.07, 6.45) is 1.38. The molecule has 4 nitrogen and oxygen atoms in total. The van der Waals surface area contributed by atoms with E-state index in [-0.39, 0.29) is 5.56 Å². The minimum atomic E-state index is -0.973. The second kappa shape index (κ2) is 4.74. The van der Waals surface area contributed by atoms with E-state index in [9.17, 15) is 4.79 Å². The third-order valence-corrected chi connectivity index (χ3v) is 2.48. The van der Waals surface area contributed by atoms with Crippen molar-refractivity contribution in [2.45, 2.75) is 13.5 Å². The first kappa shape index (κ1) is 11.3. The summed E-state index contributed by atoms with van der Waals surface area (Å²) in [6.45, 7) is 2.37. The zero-order valence-electron chi connectivity index (χ0n) is 9.43. The average molecular weight is 231 g/mol. The summed E-state index contributed by atoms with van der Waals surface area (Å²) in [6, 6.07) is 9.32. The Bertz CT molecular complexity index is 514. The Balaban J connectivity index is 2.05. The Morgan fingerprint density at radius 2 is 2.00 bits per heavy atom. The summed E-state index contributed by atoms with van der Waals surface area (Å²) in [5.74, 6) is -0.544. The van der Waals surface area contributed by atoms with Crippen molar-refractivity contribution >= 4 is 11.7 Å². The molecule has 0 aliphatic carbocycles. The van der Waals surface area contributed by atoms with Crippen LogP contribution >= 0.6 is 0 Å². The van der Waals surface area contributed by atoms with Crippen molar-refractivity contribution in [3.8, 4) is 0 Å². The molecule has 0 aliphatic rings. The van der Waals surface area contributed by atoms with E-state index in [0.29, 0.717) is 12.3 Å². The average Bonchev–Trinajstić information content (AvgIpc) is 2.76. The number of anilines is 1. The van der Waals surface area contributed by atoms with Crippen molar-refractivity contribution < 1.29 is 14.3 Å². The molecule has 88 valence electrons. The van der Waals surface area contributed by atoms with Crippen LogP contribution in [0, 0.1) is 6.92 Å². The van der Waals surface area contributed by atoms with Crippen molar-refractivity contribution in [1.29, 1.82) is 0 Å². The van der Waals surface area contributed by atoms with Crippen LogP contribution in [0.2, 0.25) is 0 Å². The molecule has 2 N–H and O–H groups in total. The molecule has 0 radical (unpaired) electrons. The number of benzene rings is 1. The normalized spacial score (nSPS) is 10.2. The second-order valence-electron chi connectivity index (χ2n) is 3.78. The minimum Gasteiger partial charge on any atom is -0.478 e. The molecular weight excluding hydrogens is 218 g/mol. The van der Waals surface area contributed by atoms with Crippen LogP contribution in [-0.2, 0) is 6.54 Å². The van der Waals surface area contributed by atoms with Crippen LogP contribution in [0.5, 0.6) is 0 Å². The number of aryl methyl sites for hydroxylation is 1. The van der Waals surface area contributed by atoms with Gasteiger partial charge < -0.3 is 14.8 Å². The lowest BCUT2D eigenvalue weighted by molar-refractivity contribution is 0.0694. The molecule has 17 heavy (non-hydrogen) atoms. The van der Waals surface area contributed by atoms with Gasteiger partial charge in [-0.2, -0.15) is 0 Å². The Labute approximate surface area is 98.9 Å². The highest BCUT2D eigenvalue weighted by atomic mass is 16.4. The van der Waals surface area contributed by atoms with Crippen molar-refractivity contribution in [2.75, 3.05) is 5.32 Å². The van der Waals surface area contributed by atoms with Gasteiger partial charge in [0.2, 0.25) is 0 Å². The molecule has 0 atom stereocenters. The molecule has 1 heterocycles. The van der Waals surface area contributed by atoms with Gasteiger partial charge in [-0.15, -0.1) is 0 Å². The molecule has 4 heteroatoms. The van der Waals surface area contributed by atoms with Crippen LogP contribution in [0.3, 0.4) is 0 Å². The van der Waals surface area contributed by atoms with Gasteiger partial charge in [0.25, 0.3) is 0 Å². The van der Waals surface area contributed by atoms with Crippen LogP contribution in [-0.4, -0.2) is 11.1 Å². The van der Waals surface area contributed by atoms with Crippen LogP contribution in [0.15, 0.2) is 41.0 Å². The zero-order chi connectivity index (χ0) is 12.3. The van der Waals surface area contributed by atoms with Crippen molar-refractivity contribution in [3.63, 3.8) is 0 Å². The summed E-state index contributed by atoms with van der Waals surface area (Å²) in [7, 11) is 0. The molecule has 2 aromatic rings. The maximum Gasteiger partial charge on any atom is 0.339 e.